The molecular formula is C15H15FN4O. The van der Waals surface area contributed by atoms with Crippen LogP contribution in [0.5, 0.6) is 0 Å². The van der Waals surface area contributed by atoms with Gasteiger partial charge in [0.15, 0.2) is 0 Å². The molecule has 108 valence electrons. The van der Waals surface area contributed by atoms with Gasteiger partial charge in [0.05, 0.1) is 17.8 Å². The molecule has 4 rings (SSSR count). The van der Waals surface area contributed by atoms with Gasteiger partial charge in [-0.3, -0.25) is 5.10 Å². The summed E-state index contributed by atoms with van der Waals surface area (Å²) in [5, 5.41) is 21.0. The lowest BCUT2D eigenvalue weighted by molar-refractivity contribution is 0.277. The lowest BCUT2D eigenvalue weighted by atomic mass is 9.98. The molecule has 0 saturated heterocycles. The zero-order valence-corrected chi connectivity index (χ0v) is 11.3. The van der Waals surface area contributed by atoms with E-state index in [9.17, 15) is 9.50 Å². The maximum absolute atomic E-state index is 14.2. The highest BCUT2D eigenvalue weighted by Gasteiger charge is 2.21. The van der Waals surface area contributed by atoms with Gasteiger partial charge < -0.3 is 15.4 Å². The number of hydrogen-bond acceptors (Lipinski definition) is 3. The van der Waals surface area contributed by atoms with Gasteiger partial charge in [0.1, 0.15) is 5.82 Å². The van der Waals surface area contributed by atoms with E-state index in [0.29, 0.717) is 11.1 Å². The molecule has 0 spiro atoms. The summed E-state index contributed by atoms with van der Waals surface area (Å²) in [7, 11) is 0. The van der Waals surface area contributed by atoms with E-state index in [1.165, 1.54) is 6.07 Å². The molecule has 3 heterocycles. The van der Waals surface area contributed by atoms with E-state index in [1.807, 2.05) is 6.07 Å². The lowest BCUT2D eigenvalue weighted by Gasteiger charge is -2.14. The van der Waals surface area contributed by atoms with Gasteiger partial charge in [0, 0.05) is 53.5 Å². The van der Waals surface area contributed by atoms with Crippen LogP contribution in [0.25, 0.3) is 22.2 Å². The van der Waals surface area contributed by atoms with Crippen LogP contribution < -0.4 is 5.32 Å². The summed E-state index contributed by atoms with van der Waals surface area (Å²) in [6.45, 7) is 1.33. The standard InChI is InChI=1S/C15H15FN4O/c16-12-5-9(8-1-4-18-14(8)11(12)7-21)15-10-6-17-3-2-13(10)19-20-15/h1,4-5,17-18,21H,2-3,6-7H2,(H,19,20). The number of hydrogen-bond donors (Lipinski definition) is 4. The highest BCUT2D eigenvalue weighted by Crippen LogP contribution is 2.34. The first kappa shape index (κ1) is 12.6. The average molecular weight is 286 g/mol. The monoisotopic (exact) mass is 286 g/mol. The van der Waals surface area contributed by atoms with Crippen LogP contribution in [0.4, 0.5) is 4.39 Å². The van der Waals surface area contributed by atoms with Crippen molar-refractivity contribution in [1.29, 1.82) is 0 Å². The minimum atomic E-state index is -0.414. The van der Waals surface area contributed by atoms with E-state index >= 15 is 0 Å². The molecule has 4 N–H and O–H groups in total. The van der Waals surface area contributed by atoms with Gasteiger partial charge >= 0.3 is 0 Å². The number of nitrogens with one attached hydrogen (secondary N) is 3. The van der Waals surface area contributed by atoms with E-state index in [4.69, 9.17) is 0 Å². The second-order valence-electron chi connectivity index (χ2n) is 5.27. The summed E-state index contributed by atoms with van der Waals surface area (Å²) in [6, 6.07) is 3.35. The van der Waals surface area contributed by atoms with Gasteiger partial charge in [0.2, 0.25) is 0 Å². The quantitative estimate of drug-likeness (QED) is 0.580. The fourth-order valence-electron chi connectivity index (χ4n) is 3.05. The summed E-state index contributed by atoms with van der Waals surface area (Å²) >= 11 is 0. The summed E-state index contributed by atoms with van der Waals surface area (Å²) in [5.41, 5.74) is 4.67. The Morgan fingerprint density at radius 1 is 1.38 bits per heavy atom. The van der Waals surface area contributed by atoms with Crippen LogP contribution >= 0.6 is 0 Å². The second-order valence-corrected chi connectivity index (χ2v) is 5.27. The van der Waals surface area contributed by atoms with Crippen LogP contribution in [0, 0.1) is 5.82 Å². The Morgan fingerprint density at radius 2 is 2.29 bits per heavy atom. The molecule has 5 nitrogen and oxygen atoms in total. The summed E-state index contributed by atoms with van der Waals surface area (Å²) in [4.78, 5) is 3.01. The zero-order valence-electron chi connectivity index (χ0n) is 11.3. The van der Waals surface area contributed by atoms with Crippen molar-refractivity contribution in [2.45, 2.75) is 19.6 Å². The number of aliphatic hydroxyl groups is 1. The zero-order chi connectivity index (χ0) is 14.4. The van der Waals surface area contributed by atoms with Crippen LogP contribution in [-0.4, -0.2) is 26.8 Å². The first-order valence-corrected chi connectivity index (χ1v) is 6.96. The number of rotatable bonds is 2. The Bertz CT molecular complexity index is 821. The van der Waals surface area contributed by atoms with Gasteiger partial charge in [0.25, 0.3) is 0 Å². The average Bonchev–Trinajstić information content (AvgIpc) is 3.13. The van der Waals surface area contributed by atoms with Crippen LogP contribution in [0.1, 0.15) is 16.8 Å². The predicted molar refractivity (Wildman–Crippen MR) is 77.2 cm³/mol. The SMILES string of the molecule is OCc1c(F)cc(-c2n[nH]c3c2CNCC3)c2cc[nH]c12. The van der Waals surface area contributed by atoms with Gasteiger partial charge in [-0.1, -0.05) is 0 Å². The van der Waals surface area contributed by atoms with E-state index in [2.05, 4.69) is 20.5 Å². The van der Waals surface area contributed by atoms with Crippen LogP contribution in [-0.2, 0) is 19.6 Å². The molecule has 1 aromatic carbocycles. The number of halogens is 1. The number of H-pyrrole nitrogens is 2. The van der Waals surface area contributed by atoms with E-state index in [-0.39, 0.29) is 6.61 Å². The Hall–Kier alpha value is -2.18. The fourth-order valence-corrected chi connectivity index (χ4v) is 3.05. The molecular weight excluding hydrogens is 271 g/mol. The van der Waals surface area contributed by atoms with Crippen molar-refractivity contribution in [2.75, 3.05) is 6.54 Å². The summed E-state index contributed by atoms with van der Waals surface area (Å²) in [5.74, 6) is -0.414. The molecule has 0 unspecified atom stereocenters. The normalized spacial score (nSPS) is 14.6. The van der Waals surface area contributed by atoms with Gasteiger partial charge in [-0.2, -0.15) is 5.10 Å². The smallest absolute Gasteiger partial charge is 0.131 e. The molecule has 1 aliphatic rings. The van der Waals surface area contributed by atoms with Crippen molar-refractivity contribution >= 4 is 10.9 Å². The Kier molecular flexibility index (Phi) is 2.80. The molecule has 0 saturated carbocycles. The number of aromatic nitrogens is 3. The highest BCUT2D eigenvalue weighted by molar-refractivity contribution is 5.96. The number of aliphatic hydroxyl groups excluding tert-OH is 1. The van der Waals surface area contributed by atoms with E-state index in [0.717, 1.165) is 47.4 Å². The minimum Gasteiger partial charge on any atom is -0.391 e. The maximum atomic E-state index is 14.2. The lowest BCUT2D eigenvalue weighted by Crippen LogP contribution is -2.23. The third kappa shape index (κ3) is 1.80. The molecule has 1 aliphatic heterocycles. The maximum Gasteiger partial charge on any atom is 0.131 e. The first-order chi connectivity index (χ1) is 10.3. The van der Waals surface area contributed by atoms with Crippen molar-refractivity contribution in [3.8, 4) is 11.3 Å². The van der Waals surface area contributed by atoms with Crippen LogP contribution in [0.15, 0.2) is 18.3 Å². The molecule has 0 radical (unpaired) electrons. The van der Waals surface area contributed by atoms with Gasteiger partial charge in [-0.15, -0.1) is 0 Å². The van der Waals surface area contributed by atoms with Gasteiger partial charge in [-0.25, -0.2) is 4.39 Å². The molecule has 0 bridgehead atoms. The number of nitrogens with zero attached hydrogens (tertiary/aromatic N) is 1. The fraction of sp³-hybridized carbons (Fsp3) is 0.267. The van der Waals surface area contributed by atoms with Crippen molar-refractivity contribution < 1.29 is 9.50 Å². The third-order valence-corrected chi connectivity index (χ3v) is 4.12. The largest absolute Gasteiger partial charge is 0.391 e. The topological polar surface area (TPSA) is 76.7 Å². The number of benzene rings is 1. The van der Waals surface area contributed by atoms with Crippen molar-refractivity contribution in [2.24, 2.45) is 0 Å². The van der Waals surface area contributed by atoms with E-state index < -0.39 is 5.82 Å². The molecule has 21 heavy (non-hydrogen) atoms. The molecule has 0 aliphatic carbocycles. The molecule has 2 aromatic heterocycles. The van der Waals surface area contributed by atoms with E-state index in [1.54, 1.807) is 6.20 Å². The van der Waals surface area contributed by atoms with Crippen LogP contribution in [0.3, 0.4) is 0 Å². The third-order valence-electron chi connectivity index (χ3n) is 4.12. The van der Waals surface area contributed by atoms with Crippen LogP contribution in [0.2, 0.25) is 0 Å². The molecule has 0 atom stereocenters. The van der Waals surface area contributed by atoms with Gasteiger partial charge in [-0.05, 0) is 12.1 Å². The molecule has 6 heteroatoms. The second kappa shape index (κ2) is 4.68. The van der Waals surface area contributed by atoms with Crippen molar-refractivity contribution in [3.63, 3.8) is 0 Å². The molecule has 0 fully saturated rings. The Labute approximate surface area is 120 Å². The number of aromatic amines is 2. The highest BCUT2D eigenvalue weighted by atomic mass is 19.1. The Balaban J connectivity index is 1.99. The van der Waals surface area contributed by atoms with Crippen molar-refractivity contribution in [3.05, 3.63) is 41.0 Å². The molecule has 3 aromatic rings. The minimum absolute atomic E-state index is 0.293. The Morgan fingerprint density at radius 3 is 3.14 bits per heavy atom. The van der Waals surface area contributed by atoms with Crippen molar-refractivity contribution in [1.82, 2.24) is 20.5 Å². The molecule has 0 amide bonds. The predicted octanol–water partition coefficient (Wildman–Crippen LogP) is 1.84. The number of fused-ring (bicyclic) bond motifs is 2. The summed E-state index contributed by atoms with van der Waals surface area (Å²) < 4.78 is 14.2. The summed E-state index contributed by atoms with van der Waals surface area (Å²) in [6.07, 6.45) is 2.65. The first-order valence-electron chi connectivity index (χ1n) is 6.96.